The average Bonchev–Trinajstić information content (AvgIpc) is 3.72. The fourth-order valence-corrected chi connectivity index (χ4v) is 12.0. The largest absolute Gasteiger partial charge is 0.455 e. The number of benzene rings is 3. The van der Waals surface area contributed by atoms with Gasteiger partial charge in [0.15, 0.2) is 0 Å². The number of carbonyl (C=O) groups is 1. The first-order chi connectivity index (χ1) is 30.0. The Bertz CT molecular complexity index is 2650. The maximum atomic E-state index is 13.9. The van der Waals surface area contributed by atoms with Crippen molar-refractivity contribution in [3.63, 3.8) is 0 Å². The van der Waals surface area contributed by atoms with Gasteiger partial charge < -0.3 is 19.9 Å². The summed E-state index contributed by atoms with van der Waals surface area (Å²) in [6.45, 7) is 11.0. The van der Waals surface area contributed by atoms with Gasteiger partial charge >= 0.3 is 0 Å². The van der Waals surface area contributed by atoms with Gasteiger partial charge in [-0.1, -0.05) is 43.2 Å². The molecule has 0 unspecified atom stereocenters. The number of aromatic nitrogens is 2. The molecule has 3 aromatic carbocycles. The zero-order valence-electron chi connectivity index (χ0n) is 35.8. The highest BCUT2D eigenvalue weighted by Gasteiger charge is 2.36. The third kappa shape index (κ3) is 10.7. The lowest BCUT2D eigenvalue weighted by atomic mass is 9.72. The molecule has 4 heterocycles. The van der Waals surface area contributed by atoms with Crippen LogP contribution in [0, 0.1) is 21.4 Å². The number of carbonyl (C=O) groups excluding carboxylic acids is 1. The molecule has 0 atom stereocenters. The van der Waals surface area contributed by atoms with Crippen molar-refractivity contribution in [3.8, 4) is 11.5 Å². The van der Waals surface area contributed by atoms with Crippen LogP contribution in [0.1, 0.15) is 61.9 Å². The predicted molar refractivity (Wildman–Crippen MR) is 251 cm³/mol. The summed E-state index contributed by atoms with van der Waals surface area (Å²) >= 11 is 6.24. The number of allylic oxidation sites excluding steroid dienone is 1. The second kappa shape index (κ2) is 18.2. The van der Waals surface area contributed by atoms with E-state index < -0.39 is 38.9 Å². The van der Waals surface area contributed by atoms with E-state index in [1.807, 2.05) is 24.9 Å². The summed E-state index contributed by atoms with van der Waals surface area (Å²) in [6.07, 6.45) is 9.58. The van der Waals surface area contributed by atoms with Crippen LogP contribution in [0.5, 0.6) is 11.5 Å². The zero-order valence-corrected chi connectivity index (χ0v) is 38.2. The molecule has 14 nitrogen and oxygen atoms in total. The van der Waals surface area contributed by atoms with E-state index in [4.69, 9.17) is 16.3 Å². The maximum absolute atomic E-state index is 13.9. The Morgan fingerprint density at radius 1 is 1.05 bits per heavy atom. The number of hydrogen-bond donors (Lipinski definition) is 4. The molecule has 0 saturated carbocycles. The van der Waals surface area contributed by atoms with Crippen LogP contribution in [-0.2, 0) is 10.0 Å². The number of pyridine rings is 1. The molecular formula is C46H54ClN7O7PS+. The number of aromatic amines is 1. The van der Waals surface area contributed by atoms with E-state index in [0.29, 0.717) is 17.9 Å². The minimum atomic E-state index is -4.57. The first-order valence-electron chi connectivity index (χ1n) is 21.4. The molecule has 4 N–H and O–H groups in total. The number of ether oxygens (including phenoxy) is 1. The van der Waals surface area contributed by atoms with Gasteiger partial charge in [0.25, 0.3) is 21.6 Å². The van der Waals surface area contributed by atoms with Crippen molar-refractivity contribution in [2.24, 2.45) is 11.3 Å². The zero-order chi connectivity index (χ0) is 44.5. The number of nitrogens with one attached hydrogen (secondary N) is 3. The van der Waals surface area contributed by atoms with Crippen molar-refractivity contribution in [2.45, 2.75) is 50.8 Å². The van der Waals surface area contributed by atoms with Gasteiger partial charge in [-0.25, -0.2) is 18.1 Å². The van der Waals surface area contributed by atoms with Crippen LogP contribution >= 0.6 is 19.1 Å². The highest BCUT2D eigenvalue weighted by atomic mass is 35.5. The molecule has 8 rings (SSSR count). The SMILES string of the molecule is CC1(C)CCC(CN2CCN(c3ccc(C(=O)NS(=O)(=O)c4ccc(NCC5CC[P+](C)(O)CC5)c([N+](=O)[O-])c4)c(Oc4cnc5[nH]ccc5c4)c3)CC2)=C(c2ccc(Cl)cc2)C1. The Balaban J connectivity index is 0.993. The van der Waals surface area contributed by atoms with Gasteiger partial charge in [0.05, 0.1) is 40.6 Å². The van der Waals surface area contributed by atoms with E-state index in [1.165, 1.54) is 35.0 Å². The number of hydrogen-bond acceptors (Lipinski definition) is 11. The molecule has 2 aliphatic heterocycles. The molecule has 0 bridgehead atoms. The second-order valence-electron chi connectivity index (χ2n) is 18.0. The minimum absolute atomic E-state index is 0.0429. The van der Waals surface area contributed by atoms with E-state index in [1.54, 1.807) is 30.5 Å². The summed E-state index contributed by atoms with van der Waals surface area (Å²) < 4.78 is 35.9. The van der Waals surface area contributed by atoms with Gasteiger partial charge in [0.2, 0.25) is 0 Å². The number of anilines is 2. The van der Waals surface area contributed by atoms with E-state index in [-0.39, 0.29) is 28.3 Å². The highest BCUT2D eigenvalue weighted by molar-refractivity contribution is 7.90. The molecular weight excluding hydrogens is 861 g/mol. The molecule has 0 radical (unpaired) electrons. The molecule has 2 fully saturated rings. The van der Waals surface area contributed by atoms with Crippen molar-refractivity contribution >= 4 is 68.7 Å². The van der Waals surface area contributed by atoms with Crippen LogP contribution in [0.25, 0.3) is 16.6 Å². The van der Waals surface area contributed by atoms with E-state index >= 15 is 0 Å². The van der Waals surface area contributed by atoms with Gasteiger partial charge in [-0.3, -0.25) is 24.7 Å². The van der Waals surface area contributed by atoms with Crippen LogP contribution < -0.4 is 19.7 Å². The Morgan fingerprint density at radius 2 is 1.79 bits per heavy atom. The van der Waals surface area contributed by atoms with Crippen LogP contribution in [0.15, 0.2) is 95.7 Å². The molecule has 17 heteroatoms. The van der Waals surface area contributed by atoms with Gasteiger partial charge in [0, 0.05) is 73.7 Å². The number of halogens is 1. The van der Waals surface area contributed by atoms with Crippen molar-refractivity contribution in [2.75, 3.05) is 68.5 Å². The number of piperazine rings is 1. The van der Waals surface area contributed by atoms with Gasteiger partial charge in [-0.2, -0.15) is 0 Å². The molecule has 2 aromatic heterocycles. The number of nitrogens with zero attached hydrogens (tertiary/aromatic N) is 4. The Morgan fingerprint density at radius 3 is 2.52 bits per heavy atom. The molecule has 1 aliphatic carbocycles. The fourth-order valence-electron chi connectivity index (χ4n) is 8.83. The molecule has 2 saturated heterocycles. The quantitative estimate of drug-likeness (QED) is 0.0502. The number of amides is 1. The van der Waals surface area contributed by atoms with Crippen LogP contribution in [0.2, 0.25) is 5.02 Å². The molecule has 5 aromatic rings. The van der Waals surface area contributed by atoms with Crippen molar-refractivity contribution < 1.29 is 27.8 Å². The smallest absolute Gasteiger partial charge is 0.293 e. The Kier molecular flexibility index (Phi) is 12.9. The molecule has 332 valence electrons. The first kappa shape index (κ1) is 44.6. The molecule has 1 amide bonds. The van der Waals surface area contributed by atoms with Gasteiger partial charge in [0.1, 0.15) is 30.3 Å². The van der Waals surface area contributed by atoms with Gasteiger partial charge in [-0.05, 0) is 103 Å². The van der Waals surface area contributed by atoms with Crippen LogP contribution in [-0.4, -0.2) is 97.3 Å². The topological polar surface area (TPSA) is 183 Å². The van der Waals surface area contributed by atoms with E-state index in [0.717, 1.165) is 99.3 Å². The number of rotatable bonds is 13. The maximum Gasteiger partial charge on any atom is 0.293 e. The summed E-state index contributed by atoms with van der Waals surface area (Å²) in [4.78, 5) is 47.6. The summed E-state index contributed by atoms with van der Waals surface area (Å²) in [5.41, 5.74) is 5.49. The van der Waals surface area contributed by atoms with Crippen molar-refractivity contribution in [3.05, 3.63) is 117 Å². The third-order valence-corrected chi connectivity index (χ3v) is 16.7. The number of nitro benzene ring substituents is 1. The fraction of sp³-hybridized carbons (Fsp3) is 0.391. The Labute approximate surface area is 373 Å². The summed E-state index contributed by atoms with van der Waals surface area (Å²) in [6, 6.07) is 20.4. The number of nitro groups is 1. The third-order valence-electron chi connectivity index (χ3n) is 12.7. The number of fused-ring (bicyclic) bond motifs is 1. The normalized spacial score (nSPS) is 20.7. The molecule has 63 heavy (non-hydrogen) atoms. The van der Waals surface area contributed by atoms with Crippen molar-refractivity contribution in [1.82, 2.24) is 19.6 Å². The second-order valence-corrected chi connectivity index (χ2v) is 23.7. The van der Waals surface area contributed by atoms with Gasteiger partial charge in [-0.15, -0.1) is 0 Å². The van der Waals surface area contributed by atoms with Crippen LogP contribution in [0.3, 0.4) is 0 Å². The predicted octanol–water partition coefficient (Wildman–Crippen LogP) is 9.20. The lowest BCUT2D eigenvalue weighted by molar-refractivity contribution is -0.384. The Hall–Kier alpha value is -5.05. The summed E-state index contributed by atoms with van der Waals surface area (Å²) in [5.74, 6) is -0.259. The number of H-pyrrole nitrogens is 1. The molecule has 0 spiro atoms. The summed E-state index contributed by atoms with van der Waals surface area (Å²) in [5, 5.41) is 16.8. The molecule has 3 aliphatic rings. The van der Waals surface area contributed by atoms with Crippen molar-refractivity contribution in [1.29, 1.82) is 0 Å². The van der Waals surface area contributed by atoms with Crippen LogP contribution in [0.4, 0.5) is 17.1 Å². The van der Waals surface area contributed by atoms with E-state index in [9.17, 15) is 28.2 Å². The lowest BCUT2D eigenvalue weighted by Crippen LogP contribution is -2.47. The summed E-state index contributed by atoms with van der Waals surface area (Å²) in [7, 11) is -6.44. The minimum Gasteiger partial charge on any atom is -0.455 e. The average molecular weight is 915 g/mol. The highest BCUT2D eigenvalue weighted by Crippen LogP contribution is 2.55. The first-order valence-corrected chi connectivity index (χ1v) is 25.8. The van der Waals surface area contributed by atoms with E-state index in [2.05, 4.69) is 55.8 Å². The standard InChI is InChI=1S/C46H53ClN7O7PS/c1-46(2)16-12-34(40(27-46)32-4-6-35(47)7-5-32)30-52-18-20-53(21-19-52)36-8-10-39(43(25-36)61-37-24-33-13-17-48-44(33)50-29-37)45(55)51-63(59,60)38-9-11-41(42(26-38)54(56)57)49-28-31-14-22-62(3,58)23-15-31/h4-11,13,17,24-26,29,31,49,58H,12,14-16,18-23,27-28,30H2,1-3H3,(H-,48,50,51,55)/p+1. The lowest BCUT2D eigenvalue weighted by Gasteiger charge is -2.39. The number of sulfonamides is 1. The monoisotopic (exact) mass is 914 g/mol.